The molecule has 0 saturated heterocycles. The van der Waals surface area contributed by atoms with E-state index in [1.165, 1.54) is 22.3 Å². The van der Waals surface area contributed by atoms with Crippen LogP contribution in [-0.4, -0.2) is 38.4 Å². The third kappa shape index (κ3) is 12.4. The van der Waals surface area contributed by atoms with Gasteiger partial charge in [0.05, 0.1) is 26.4 Å². The van der Waals surface area contributed by atoms with Crippen molar-refractivity contribution in [2.45, 2.75) is 123 Å². The van der Waals surface area contributed by atoms with Crippen molar-refractivity contribution in [1.82, 2.24) is 0 Å². The van der Waals surface area contributed by atoms with Gasteiger partial charge in [0.25, 0.3) is 0 Å². The van der Waals surface area contributed by atoms with Gasteiger partial charge in [-0.05, 0) is 128 Å². The number of ether oxygens (including phenoxy) is 4. The minimum atomic E-state index is -1.46. The van der Waals surface area contributed by atoms with Gasteiger partial charge in [-0.2, -0.15) is 0 Å². The van der Waals surface area contributed by atoms with Crippen molar-refractivity contribution in [3.8, 4) is 11.1 Å². The lowest BCUT2D eigenvalue weighted by Crippen LogP contribution is -2.34. The maximum absolute atomic E-state index is 12.2. The number of carbonyl (C=O) groups excluding carboxylic acids is 2. The fourth-order valence-corrected chi connectivity index (χ4v) is 9.20. The van der Waals surface area contributed by atoms with Crippen molar-refractivity contribution in [2.75, 3.05) is 36.2 Å². The van der Waals surface area contributed by atoms with Gasteiger partial charge in [-0.1, -0.05) is 157 Å². The Morgan fingerprint density at radius 2 is 0.671 bits per heavy atom. The highest BCUT2D eigenvalue weighted by Gasteiger charge is 2.47. The second-order valence-corrected chi connectivity index (χ2v) is 23.1. The molecule has 0 N–H and O–H groups in total. The monoisotopic (exact) mass is 981 g/mol. The summed E-state index contributed by atoms with van der Waals surface area (Å²) in [4.78, 5) is 28.9. The molecule has 0 aromatic heterocycles. The Morgan fingerprint density at radius 1 is 0.411 bits per heavy atom. The van der Waals surface area contributed by atoms with Gasteiger partial charge >= 0.3 is 11.9 Å². The maximum Gasteiger partial charge on any atom is 0.330 e. The molecule has 382 valence electrons. The topological polar surface area (TPSA) is 77.5 Å². The lowest BCUT2D eigenvalue weighted by Gasteiger charge is -2.34. The molecular formula is C65H76N2O6. The predicted octanol–water partition coefficient (Wildman–Crippen LogP) is 16.3. The zero-order valence-electron chi connectivity index (χ0n) is 45.4. The van der Waals surface area contributed by atoms with Crippen LogP contribution in [0.15, 0.2) is 159 Å². The average Bonchev–Trinajstić information content (AvgIpc) is 3.61. The van der Waals surface area contributed by atoms with Gasteiger partial charge in [0.15, 0.2) is 0 Å². The Morgan fingerprint density at radius 3 is 0.918 bits per heavy atom. The molecule has 1 aliphatic rings. The van der Waals surface area contributed by atoms with Crippen LogP contribution in [0.2, 0.25) is 0 Å². The second kappa shape index (κ2) is 21.8. The first kappa shape index (κ1) is 54.0. The number of carbonyl (C=O) groups is 2. The smallest absolute Gasteiger partial charge is 0.330 e. The number of esters is 2. The zero-order valence-corrected chi connectivity index (χ0v) is 45.4. The number of benzene rings is 6. The Labute approximate surface area is 435 Å². The first-order valence-corrected chi connectivity index (χ1v) is 25.6. The summed E-state index contributed by atoms with van der Waals surface area (Å²) in [5.41, 5.74) is 14.2. The molecule has 0 radical (unpaired) electrons. The summed E-state index contributed by atoms with van der Waals surface area (Å²) >= 11 is 0. The Balaban J connectivity index is 1.44. The van der Waals surface area contributed by atoms with E-state index in [0.717, 1.165) is 68.5 Å². The second-order valence-electron chi connectivity index (χ2n) is 23.1. The normalized spacial score (nSPS) is 13.2. The fourth-order valence-electron chi connectivity index (χ4n) is 9.20. The van der Waals surface area contributed by atoms with E-state index in [1.807, 2.05) is 0 Å². The lowest BCUT2D eigenvalue weighted by atomic mass is 9.86. The summed E-state index contributed by atoms with van der Waals surface area (Å²) < 4.78 is 25.3. The van der Waals surface area contributed by atoms with Crippen molar-refractivity contribution in [3.05, 3.63) is 192 Å². The van der Waals surface area contributed by atoms with Crippen molar-refractivity contribution in [2.24, 2.45) is 0 Å². The molecule has 8 nitrogen and oxygen atoms in total. The van der Waals surface area contributed by atoms with E-state index in [0.29, 0.717) is 12.8 Å². The number of fused-ring (bicyclic) bond motifs is 3. The minimum absolute atomic E-state index is 0.0282. The number of rotatable bonds is 18. The van der Waals surface area contributed by atoms with E-state index in [9.17, 15) is 9.59 Å². The highest BCUT2D eigenvalue weighted by molar-refractivity contribution is 5.88. The molecule has 0 heterocycles. The van der Waals surface area contributed by atoms with Crippen molar-refractivity contribution >= 4 is 46.1 Å². The molecule has 0 unspecified atom stereocenters. The van der Waals surface area contributed by atoms with E-state index in [4.69, 9.17) is 18.9 Å². The quantitative estimate of drug-likeness (QED) is 0.0365. The maximum atomic E-state index is 12.2. The Kier molecular flexibility index (Phi) is 16.1. The molecule has 0 fully saturated rings. The molecule has 73 heavy (non-hydrogen) atoms. The van der Waals surface area contributed by atoms with Gasteiger partial charge in [-0.15, -0.1) is 0 Å². The Bertz CT molecular complexity index is 2570. The van der Waals surface area contributed by atoms with Crippen LogP contribution in [0.1, 0.15) is 129 Å². The summed E-state index contributed by atoms with van der Waals surface area (Å²) in [6.45, 7) is 34.5. The minimum Gasteiger partial charge on any atom is -0.462 e. The van der Waals surface area contributed by atoms with Crippen molar-refractivity contribution in [3.63, 3.8) is 0 Å². The number of anilines is 6. The van der Waals surface area contributed by atoms with E-state index in [1.54, 1.807) is 0 Å². The molecule has 7 rings (SSSR count). The molecule has 6 aromatic rings. The van der Waals surface area contributed by atoms with Gasteiger partial charge in [0, 0.05) is 70.2 Å². The van der Waals surface area contributed by atoms with Crippen LogP contribution in [0.25, 0.3) is 11.1 Å². The molecule has 0 saturated carbocycles. The third-order valence-corrected chi connectivity index (χ3v) is 13.5. The zero-order chi connectivity index (χ0) is 52.9. The van der Waals surface area contributed by atoms with Crippen LogP contribution in [0, 0.1) is 0 Å². The summed E-state index contributed by atoms with van der Waals surface area (Å²) in [5.74, 6) is -2.46. The van der Waals surface area contributed by atoms with E-state index < -0.39 is 17.7 Å². The van der Waals surface area contributed by atoms with Crippen LogP contribution in [0.3, 0.4) is 0 Å². The van der Waals surface area contributed by atoms with Gasteiger partial charge in [0.1, 0.15) is 0 Å². The van der Waals surface area contributed by atoms with Gasteiger partial charge in [-0.25, -0.2) is 9.59 Å². The Hall–Kier alpha value is -6.74. The van der Waals surface area contributed by atoms with Crippen LogP contribution < -0.4 is 9.80 Å². The summed E-state index contributed by atoms with van der Waals surface area (Å²) in [6, 6.07) is 48.3. The molecule has 0 atom stereocenters. The van der Waals surface area contributed by atoms with Gasteiger partial charge in [0.2, 0.25) is 5.79 Å². The van der Waals surface area contributed by atoms with Crippen molar-refractivity contribution in [1.29, 1.82) is 0 Å². The summed E-state index contributed by atoms with van der Waals surface area (Å²) in [5, 5.41) is 0. The highest BCUT2D eigenvalue weighted by Crippen LogP contribution is 2.54. The van der Waals surface area contributed by atoms with E-state index in [-0.39, 0.29) is 48.1 Å². The largest absolute Gasteiger partial charge is 0.462 e. The van der Waals surface area contributed by atoms with Crippen molar-refractivity contribution < 1.29 is 28.5 Å². The fraction of sp³-hybridized carbons (Fsp3) is 0.354. The van der Waals surface area contributed by atoms with Crippen LogP contribution in [0.4, 0.5) is 34.1 Å². The average molecular weight is 981 g/mol. The van der Waals surface area contributed by atoms with E-state index in [2.05, 4.69) is 240 Å². The summed E-state index contributed by atoms with van der Waals surface area (Å²) in [6.07, 6.45) is 3.11. The summed E-state index contributed by atoms with van der Waals surface area (Å²) in [7, 11) is 0. The molecule has 0 bridgehead atoms. The number of nitrogens with zero attached hydrogens (tertiary/aromatic N) is 2. The third-order valence-electron chi connectivity index (χ3n) is 13.5. The molecule has 0 aliphatic heterocycles. The molecule has 0 spiro atoms. The first-order valence-electron chi connectivity index (χ1n) is 25.6. The van der Waals surface area contributed by atoms with Gasteiger partial charge in [-0.3, -0.25) is 0 Å². The molecular weight excluding hydrogens is 905 g/mol. The molecule has 6 aromatic carbocycles. The van der Waals surface area contributed by atoms with Crippen LogP contribution in [-0.2, 0) is 56.0 Å². The molecule has 0 amide bonds. The number of hydrogen-bond acceptors (Lipinski definition) is 8. The first-order chi connectivity index (χ1) is 34.4. The SMILES string of the molecule is C=CC(=O)OCCCOC1(OCCCOC(=O)C=C)c2cc(N(c3ccc(C(C)(C)C)cc3)c3ccc(C(C)(C)C)cc3)ccc2-c2ccc(N(c3ccc(C(C)(C)C)cc3)c3ccc(C(C)(C)C)cc3)cc21. The van der Waals surface area contributed by atoms with E-state index >= 15 is 0 Å². The highest BCUT2D eigenvalue weighted by atomic mass is 16.7. The van der Waals surface area contributed by atoms with Crippen LogP contribution >= 0.6 is 0 Å². The molecule has 8 heteroatoms. The standard InChI is InChI=1S/C65H76N2O6/c1-15-59(68)70-39-17-41-72-65(73-42-18-40-71-60(69)16-2)57-43-53(66(49-27-19-45(20-28-49)61(3,4)5)50-29-21-46(22-30-50)62(6,7)8)35-37-55(57)56-38-36-54(44-58(56)65)67(51-31-23-47(24-32-51)63(9,10)11)52-33-25-48(26-34-52)64(12,13)14/h15-16,19-38,43-44H,1-2,17-18,39-42H2,3-14H3. The molecule has 1 aliphatic carbocycles. The van der Waals surface area contributed by atoms with Crippen LogP contribution in [0.5, 0.6) is 0 Å². The predicted molar refractivity (Wildman–Crippen MR) is 300 cm³/mol. The lowest BCUT2D eigenvalue weighted by molar-refractivity contribution is -0.218. The number of hydrogen-bond donors (Lipinski definition) is 0. The van der Waals surface area contributed by atoms with Gasteiger partial charge < -0.3 is 28.7 Å².